The van der Waals surface area contributed by atoms with Crippen LogP contribution in [-0.2, 0) is 0 Å². The van der Waals surface area contributed by atoms with Gasteiger partial charge >= 0.3 is 0 Å². The van der Waals surface area contributed by atoms with Gasteiger partial charge in [0.15, 0.2) is 0 Å². The largest absolute Gasteiger partial charge is 0.497 e. The Bertz CT molecular complexity index is 320. The van der Waals surface area contributed by atoms with Crippen LogP contribution in [0.4, 0.5) is 0 Å². The summed E-state index contributed by atoms with van der Waals surface area (Å²) in [5.74, 6) is 0.878. The fraction of sp³-hybridized carbons (Fsp3) is 0.600. The molecule has 1 aromatic carbocycles. The SMILES string of the molecule is CCCC(NC(CC)CO)c1ccc(OC)cc1. The Morgan fingerprint density at radius 1 is 1.22 bits per heavy atom. The molecule has 0 radical (unpaired) electrons. The van der Waals surface area contributed by atoms with E-state index in [4.69, 9.17) is 4.74 Å². The molecular weight excluding hydrogens is 226 g/mol. The van der Waals surface area contributed by atoms with E-state index >= 15 is 0 Å². The molecule has 2 N–H and O–H groups in total. The van der Waals surface area contributed by atoms with Gasteiger partial charge in [-0.15, -0.1) is 0 Å². The summed E-state index contributed by atoms with van der Waals surface area (Å²) in [5.41, 5.74) is 1.25. The molecule has 0 amide bonds. The van der Waals surface area contributed by atoms with E-state index in [9.17, 15) is 5.11 Å². The highest BCUT2D eigenvalue weighted by molar-refractivity contribution is 5.29. The minimum atomic E-state index is 0.170. The average Bonchev–Trinajstić information content (AvgIpc) is 2.43. The zero-order valence-electron chi connectivity index (χ0n) is 11.6. The van der Waals surface area contributed by atoms with Crippen LogP contribution in [0.15, 0.2) is 24.3 Å². The molecule has 2 atom stereocenters. The Morgan fingerprint density at radius 2 is 1.89 bits per heavy atom. The third-order valence-electron chi connectivity index (χ3n) is 3.25. The number of benzene rings is 1. The molecule has 0 heterocycles. The van der Waals surface area contributed by atoms with E-state index in [2.05, 4.69) is 31.3 Å². The van der Waals surface area contributed by atoms with Crippen molar-refractivity contribution >= 4 is 0 Å². The van der Waals surface area contributed by atoms with Gasteiger partial charge in [-0.1, -0.05) is 32.4 Å². The van der Waals surface area contributed by atoms with Crippen molar-refractivity contribution in [2.45, 2.75) is 45.2 Å². The lowest BCUT2D eigenvalue weighted by atomic mass is 10.0. The lowest BCUT2D eigenvalue weighted by Crippen LogP contribution is -2.35. The van der Waals surface area contributed by atoms with Crippen LogP contribution in [0.1, 0.15) is 44.7 Å². The standard InChI is InChI=1S/C15H25NO2/c1-4-6-15(16-13(5-2)11-17)12-7-9-14(18-3)10-8-12/h7-10,13,15-17H,4-6,11H2,1-3H3. The monoisotopic (exact) mass is 251 g/mol. The Morgan fingerprint density at radius 3 is 2.33 bits per heavy atom. The molecule has 3 heteroatoms. The van der Waals surface area contributed by atoms with Gasteiger partial charge in [0.05, 0.1) is 13.7 Å². The summed E-state index contributed by atoms with van der Waals surface area (Å²) < 4.78 is 5.17. The smallest absolute Gasteiger partial charge is 0.118 e. The molecule has 2 unspecified atom stereocenters. The summed E-state index contributed by atoms with van der Waals surface area (Å²) in [4.78, 5) is 0. The van der Waals surface area contributed by atoms with Crippen LogP contribution in [-0.4, -0.2) is 24.9 Å². The lowest BCUT2D eigenvalue weighted by Gasteiger charge is -2.24. The normalized spacial score (nSPS) is 14.2. The van der Waals surface area contributed by atoms with Gasteiger partial charge in [0, 0.05) is 12.1 Å². The molecule has 0 aromatic heterocycles. The first-order chi connectivity index (χ1) is 8.74. The second kappa shape index (κ2) is 8.11. The predicted molar refractivity (Wildman–Crippen MR) is 74.9 cm³/mol. The van der Waals surface area contributed by atoms with E-state index in [1.807, 2.05) is 12.1 Å². The quantitative estimate of drug-likeness (QED) is 0.746. The third kappa shape index (κ3) is 4.31. The molecular formula is C15H25NO2. The molecule has 1 aromatic rings. The first-order valence-electron chi connectivity index (χ1n) is 6.75. The molecule has 0 aliphatic carbocycles. The van der Waals surface area contributed by atoms with E-state index in [-0.39, 0.29) is 12.6 Å². The van der Waals surface area contributed by atoms with Gasteiger partial charge in [-0.25, -0.2) is 0 Å². The summed E-state index contributed by atoms with van der Waals surface area (Å²) in [6, 6.07) is 8.63. The number of hydrogen-bond acceptors (Lipinski definition) is 3. The predicted octanol–water partition coefficient (Wildman–Crippen LogP) is 2.90. The van der Waals surface area contributed by atoms with Gasteiger partial charge < -0.3 is 15.2 Å². The molecule has 0 saturated carbocycles. The molecule has 0 aliphatic heterocycles. The number of nitrogens with one attached hydrogen (secondary N) is 1. The molecule has 0 spiro atoms. The van der Waals surface area contributed by atoms with E-state index in [0.717, 1.165) is 25.0 Å². The van der Waals surface area contributed by atoms with Crippen LogP contribution in [0.5, 0.6) is 5.75 Å². The number of aliphatic hydroxyl groups is 1. The maximum Gasteiger partial charge on any atom is 0.118 e. The Balaban J connectivity index is 2.75. The number of rotatable bonds is 8. The van der Waals surface area contributed by atoms with Crippen molar-refractivity contribution in [1.82, 2.24) is 5.32 Å². The first-order valence-corrected chi connectivity index (χ1v) is 6.75. The fourth-order valence-electron chi connectivity index (χ4n) is 2.06. The lowest BCUT2D eigenvalue weighted by molar-refractivity contribution is 0.225. The van der Waals surface area contributed by atoms with E-state index < -0.39 is 0 Å². The van der Waals surface area contributed by atoms with Gasteiger partial charge in [-0.3, -0.25) is 0 Å². The van der Waals surface area contributed by atoms with Gasteiger partial charge in [-0.2, -0.15) is 0 Å². The third-order valence-corrected chi connectivity index (χ3v) is 3.25. The van der Waals surface area contributed by atoms with Crippen LogP contribution >= 0.6 is 0 Å². The second-order valence-electron chi connectivity index (χ2n) is 4.57. The van der Waals surface area contributed by atoms with Crippen molar-refractivity contribution in [3.63, 3.8) is 0 Å². The van der Waals surface area contributed by atoms with Crippen LogP contribution < -0.4 is 10.1 Å². The zero-order valence-corrected chi connectivity index (χ0v) is 11.6. The van der Waals surface area contributed by atoms with Crippen molar-refractivity contribution in [3.8, 4) is 5.75 Å². The highest BCUT2D eigenvalue weighted by Gasteiger charge is 2.14. The summed E-state index contributed by atoms with van der Waals surface area (Å²) in [7, 11) is 1.68. The van der Waals surface area contributed by atoms with Gasteiger partial charge in [0.25, 0.3) is 0 Å². The van der Waals surface area contributed by atoms with Crippen molar-refractivity contribution in [1.29, 1.82) is 0 Å². The topological polar surface area (TPSA) is 41.5 Å². The molecule has 102 valence electrons. The summed E-state index contributed by atoms with van der Waals surface area (Å²) in [6.45, 7) is 4.45. The molecule has 1 rings (SSSR count). The second-order valence-corrected chi connectivity index (χ2v) is 4.57. The summed E-state index contributed by atoms with van der Waals surface area (Å²) in [5, 5.41) is 12.8. The molecule has 0 aliphatic rings. The Kier molecular flexibility index (Phi) is 6.76. The van der Waals surface area contributed by atoms with Crippen LogP contribution in [0.3, 0.4) is 0 Å². The molecule has 0 bridgehead atoms. The first kappa shape index (κ1) is 15.0. The Hall–Kier alpha value is -1.06. The minimum Gasteiger partial charge on any atom is -0.497 e. The number of methoxy groups -OCH3 is 1. The maximum atomic E-state index is 9.29. The van der Waals surface area contributed by atoms with E-state index in [1.165, 1.54) is 5.56 Å². The number of ether oxygens (including phenoxy) is 1. The zero-order chi connectivity index (χ0) is 13.4. The Labute approximate surface area is 110 Å². The summed E-state index contributed by atoms with van der Waals surface area (Å²) in [6.07, 6.45) is 3.13. The summed E-state index contributed by atoms with van der Waals surface area (Å²) >= 11 is 0. The van der Waals surface area contributed by atoms with Gasteiger partial charge in [0.1, 0.15) is 5.75 Å². The number of aliphatic hydroxyl groups excluding tert-OH is 1. The fourth-order valence-corrected chi connectivity index (χ4v) is 2.06. The van der Waals surface area contributed by atoms with Crippen molar-refractivity contribution in [3.05, 3.63) is 29.8 Å². The molecule has 0 fully saturated rings. The van der Waals surface area contributed by atoms with E-state index in [1.54, 1.807) is 7.11 Å². The highest BCUT2D eigenvalue weighted by atomic mass is 16.5. The highest BCUT2D eigenvalue weighted by Crippen LogP contribution is 2.22. The average molecular weight is 251 g/mol. The van der Waals surface area contributed by atoms with Crippen LogP contribution in [0, 0.1) is 0 Å². The maximum absolute atomic E-state index is 9.29. The van der Waals surface area contributed by atoms with Crippen molar-refractivity contribution in [2.75, 3.05) is 13.7 Å². The van der Waals surface area contributed by atoms with Gasteiger partial charge in [0.2, 0.25) is 0 Å². The number of hydrogen-bond donors (Lipinski definition) is 2. The molecule has 18 heavy (non-hydrogen) atoms. The molecule has 0 saturated heterocycles. The van der Waals surface area contributed by atoms with Crippen molar-refractivity contribution < 1.29 is 9.84 Å². The van der Waals surface area contributed by atoms with Gasteiger partial charge in [-0.05, 0) is 30.5 Å². The van der Waals surface area contributed by atoms with E-state index in [0.29, 0.717) is 6.04 Å². The van der Waals surface area contributed by atoms with Crippen LogP contribution in [0.25, 0.3) is 0 Å². The molecule has 3 nitrogen and oxygen atoms in total. The minimum absolute atomic E-state index is 0.170. The van der Waals surface area contributed by atoms with Crippen molar-refractivity contribution in [2.24, 2.45) is 0 Å². The van der Waals surface area contributed by atoms with Crippen LogP contribution in [0.2, 0.25) is 0 Å².